The summed E-state index contributed by atoms with van der Waals surface area (Å²) in [7, 11) is 1.67. The van der Waals surface area contributed by atoms with E-state index in [0.29, 0.717) is 13.2 Å². The topological polar surface area (TPSA) is 53.6 Å². The monoisotopic (exact) mass is 363 g/mol. The summed E-state index contributed by atoms with van der Waals surface area (Å²) in [6.45, 7) is 2.63. The first-order valence-electron chi connectivity index (χ1n) is 7.14. The first kappa shape index (κ1) is 21.8. The van der Waals surface area contributed by atoms with Crippen molar-refractivity contribution in [1.82, 2.24) is 15.5 Å². The van der Waals surface area contributed by atoms with E-state index in [-0.39, 0.29) is 36.8 Å². The van der Waals surface area contributed by atoms with E-state index >= 15 is 0 Å². The number of methoxy groups -OCH3 is 1. The van der Waals surface area contributed by atoms with Crippen molar-refractivity contribution < 1.29 is 18.3 Å². The molecule has 9 heteroatoms. The highest BCUT2D eigenvalue weighted by Gasteiger charge is 2.42. The number of hydrogen-bond donors (Lipinski definition) is 2. The summed E-state index contributed by atoms with van der Waals surface area (Å²) in [5.74, 6) is -3.08. The summed E-state index contributed by atoms with van der Waals surface area (Å²) in [6.07, 6.45) is 1.72. The van der Waals surface area contributed by atoms with E-state index in [9.17, 15) is 13.6 Å². The lowest BCUT2D eigenvalue weighted by Crippen LogP contribution is -2.46. The molecule has 2 aliphatic rings. The van der Waals surface area contributed by atoms with Crippen LogP contribution in [-0.2, 0) is 9.53 Å². The van der Waals surface area contributed by atoms with Gasteiger partial charge in [0.05, 0.1) is 19.2 Å². The second kappa shape index (κ2) is 9.82. The Labute approximate surface area is 142 Å². The third-order valence-electron chi connectivity index (χ3n) is 4.02. The maximum atomic E-state index is 13.0. The molecule has 2 atom stereocenters. The number of likely N-dealkylation sites (tertiary alicyclic amines) is 1. The molecular formula is C13H25Cl2F2N3O2. The van der Waals surface area contributed by atoms with Gasteiger partial charge in [-0.15, -0.1) is 24.8 Å². The maximum Gasteiger partial charge on any atom is 0.262 e. The average molecular weight is 364 g/mol. The number of alkyl halides is 2. The van der Waals surface area contributed by atoms with Crippen molar-refractivity contribution in [3.05, 3.63) is 0 Å². The van der Waals surface area contributed by atoms with E-state index in [1.165, 1.54) is 0 Å². The fourth-order valence-electron chi connectivity index (χ4n) is 2.87. The molecule has 0 saturated carbocycles. The molecule has 5 nitrogen and oxygen atoms in total. The van der Waals surface area contributed by atoms with Crippen molar-refractivity contribution in [2.45, 2.75) is 37.3 Å². The Morgan fingerprint density at radius 3 is 2.77 bits per heavy atom. The Balaban J connectivity index is 0.00000220. The number of nitrogens with one attached hydrogen (secondary N) is 2. The Kier molecular flexibility index (Phi) is 9.73. The second-order valence-corrected chi connectivity index (χ2v) is 5.56. The molecular weight excluding hydrogens is 339 g/mol. The van der Waals surface area contributed by atoms with Crippen molar-refractivity contribution in [3.8, 4) is 0 Å². The quantitative estimate of drug-likeness (QED) is 0.740. The van der Waals surface area contributed by atoms with Crippen molar-refractivity contribution >= 4 is 30.7 Å². The van der Waals surface area contributed by atoms with Gasteiger partial charge in [-0.05, 0) is 19.4 Å². The molecule has 2 N–H and O–H groups in total. The van der Waals surface area contributed by atoms with Crippen LogP contribution in [0.3, 0.4) is 0 Å². The van der Waals surface area contributed by atoms with Crippen LogP contribution < -0.4 is 10.6 Å². The standard InChI is InChI=1S/C13H23F2N3O2.2ClH/c1-20-6-5-18-4-2-3-10(18)8-16-12(19)11-7-13(14,15)9-17-11;;/h10-11,17H,2-9H2,1H3,(H,16,19);2*1H. The average Bonchev–Trinajstić information content (AvgIpc) is 2.99. The highest BCUT2D eigenvalue weighted by Crippen LogP contribution is 2.25. The van der Waals surface area contributed by atoms with Gasteiger partial charge >= 0.3 is 0 Å². The SMILES string of the molecule is COCCN1CCCC1CNC(=O)C1CC(F)(F)CN1.Cl.Cl. The summed E-state index contributed by atoms with van der Waals surface area (Å²) in [5, 5.41) is 5.37. The molecule has 132 valence electrons. The first-order chi connectivity index (χ1) is 9.52. The predicted octanol–water partition coefficient (Wildman–Crippen LogP) is 1.05. The van der Waals surface area contributed by atoms with Crippen LogP contribution in [0.4, 0.5) is 8.78 Å². The minimum atomic E-state index is -2.76. The van der Waals surface area contributed by atoms with Crippen LogP contribution >= 0.6 is 24.8 Å². The van der Waals surface area contributed by atoms with E-state index in [2.05, 4.69) is 15.5 Å². The zero-order chi connectivity index (χ0) is 14.6. The third-order valence-corrected chi connectivity index (χ3v) is 4.02. The van der Waals surface area contributed by atoms with Crippen LogP contribution in [0.15, 0.2) is 0 Å². The third kappa shape index (κ3) is 6.12. The molecule has 0 aliphatic carbocycles. The largest absolute Gasteiger partial charge is 0.383 e. The molecule has 2 aliphatic heterocycles. The molecule has 22 heavy (non-hydrogen) atoms. The van der Waals surface area contributed by atoms with Gasteiger partial charge in [-0.3, -0.25) is 15.0 Å². The van der Waals surface area contributed by atoms with Gasteiger partial charge in [0.15, 0.2) is 0 Å². The smallest absolute Gasteiger partial charge is 0.262 e. The van der Waals surface area contributed by atoms with Gasteiger partial charge in [0.25, 0.3) is 5.92 Å². The highest BCUT2D eigenvalue weighted by atomic mass is 35.5. The maximum absolute atomic E-state index is 13.0. The minimum absolute atomic E-state index is 0. The molecule has 2 heterocycles. The molecule has 2 unspecified atom stereocenters. The molecule has 2 fully saturated rings. The Hall–Kier alpha value is -0.210. The lowest BCUT2D eigenvalue weighted by Gasteiger charge is -2.24. The lowest BCUT2D eigenvalue weighted by atomic mass is 10.1. The lowest BCUT2D eigenvalue weighted by molar-refractivity contribution is -0.123. The number of halogens is 4. The highest BCUT2D eigenvalue weighted by molar-refractivity contribution is 5.85. The number of carbonyl (C=O) groups is 1. The summed E-state index contributed by atoms with van der Waals surface area (Å²) < 4.78 is 31.1. The molecule has 2 rings (SSSR count). The van der Waals surface area contributed by atoms with Gasteiger partial charge in [0, 0.05) is 32.7 Å². The van der Waals surface area contributed by atoms with Gasteiger partial charge in [-0.2, -0.15) is 0 Å². The molecule has 1 amide bonds. The number of amides is 1. The van der Waals surface area contributed by atoms with E-state index < -0.39 is 24.9 Å². The summed E-state index contributed by atoms with van der Waals surface area (Å²) in [6, 6.07) is -0.477. The first-order valence-corrected chi connectivity index (χ1v) is 7.14. The molecule has 0 bridgehead atoms. The van der Waals surface area contributed by atoms with Crippen molar-refractivity contribution in [2.24, 2.45) is 0 Å². The Morgan fingerprint density at radius 1 is 1.45 bits per heavy atom. The summed E-state index contributed by atoms with van der Waals surface area (Å²) >= 11 is 0. The zero-order valence-corrected chi connectivity index (χ0v) is 14.3. The molecule has 0 spiro atoms. The zero-order valence-electron chi connectivity index (χ0n) is 12.6. The number of nitrogens with zero attached hydrogens (tertiary/aromatic N) is 1. The van der Waals surface area contributed by atoms with Crippen molar-refractivity contribution in [2.75, 3.05) is 39.9 Å². The normalized spacial score (nSPS) is 27.0. The van der Waals surface area contributed by atoms with Gasteiger partial charge in [0.1, 0.15) is 0 Å². The van der Waals surface area contributed by atoms with Crippen LogP contribution in [0, 0.1) is 0 Å². The van der Waals surface area contributed by atoms with E-state index in [4.69, 9.17) is 4.74 Å². The van der Waals surface area contributed by atoms with Gasteiger partial charge < -0.3 is 10.1 Å². The second-order valence-electron chi connectivity index (χ2n) is 5.56. The minimum Gasteiger partial charge on any atom is -0.383 e. The van der Waals surface area contributed by atoms with E-state index in [0.717, 1.165) is 25.9 Å². The van der Waals surface area contributed by atoms with Crippen molar-refractivity contribution in [3.63, 3.8) is 0 Å². The molecule has 0 radical (unpaired) electrons. The Morgan fingerprint density at radius 2 is 2.18 bits per heavy atom. The molecule has 2 saturated heterocycles. The van der Waals surface area contributed by atoms with Gasteiger partial charge in [-0.25, -0.2) is 8.78 Å². The van der Waals surface area contributed by atoms with Crippen LogP contribution in [0.1, 0.15) is 19.3 Å². The van der Waals surface area contributed by atoms with E-state index in [1.807, 2.05) is 0 Å². The number of carbonyl (C=O) groups excluding carboxylic acids is 1. The number of hydrogen-bond acceptors (Lipinski definition) is 4. The molecule has 0 aromatic rings. The number of ether oxygens (including phenoxy) is 1. The summed E-state index contributed by atoms with van der Waals surface area (Å²) in [4.78, 5) is 14.1. The van der Waals surface area contributed by atoms with Crippen molar-refractivity contribution in [1.29, 1.82) is 0 Å². The fourth-order valence-corrected chi connectivity index (χ4v) is 2.87. The van der Waals surface area contributed by atoms with Crippen LogP contribution in [0.25, 0.3) is 0 Å². The molecule has 0 aromatic heterocycles. The summed E-state index contributed by atoms with van der Waals surface area (Å²) in [5.41, 5.74) is 0. The van der Waals surface area contributed by atoms with E-state index in [1.54, 1.807) is 7.11 Å². The van der Waals surface area contributed by atoms with Gasteiger partial charge in [-0.1, -0.05) is 0 Å². The Bertz CT molecular complexity index is 351. The predicted molar refractivity (Wildman–Crippen MR) is 85.3 cm³/mol. The molecule has 0 aromatic carbocycles. The number of rotatable bonds is 6. The van der Waals surface area contributed by atoms with Crippen LogP contribution in [0.2, 0.25) is 0 Å². The van der Waals surface area contributed by atoms with Gasteiger partial charge in [0.2, 0.25) is 5.91 Å². The van der Waals surface area contributed by atoms with Crippen LogP contribution in [0.5, 0.6) is 0 Å². The fraction of sp³-hybridized carbons (Fsp3) is 0.923. The van der Waals surface area contributed by atoms with Crippen LogP contribution in [-0.4, -0.2) is 68.7 Å².